The van der Waals surface area contributed by atoms with Crippen LogP contribution in [0, 0.1) is 0 Å². The Balaban J connectivity index is 1.56. The number of allylic oxidation sites excluding steroid dienone is 11. The Hall–Kier alpha value is -2.57. The molecule has 0 spiro atoms. The first-order valence-electron chi connectivity index (χ1n) is 38.2. The van der Waals surface area contributed by atoms with Crippen molar-refractivity contribution in [2.24, 2.45) is 0 Å². The van der Waals surface area contributed by atoms with Gasteiger partial charge in [0.25, 0.3) is 0 Å². The Morgan fingerprint density at radius 2 is 0.728 bits per heavy atom. The van der Waals surface area contributed by atoms with Gasteiger partial charge in [0.05, 0.1) is 32.0 Å². The number of carbonyl (C=O) groups excluding carboxylic acids is 1. The molecule has 0 aromatic carbocycles. The highest BCUT2D eigenvalue weighted by molar-refractivity contribution is 5.76. The SMILES string of the molecule is CCCCCCC/C=C\C/C=C\C/C=C\CCCCCCCCCCCCCCCCCCCCCCCCCCCCC(=O)NC(COC1OC(CO)C(OC2OC(CO)C(O)C(O)C2O)C(O)C1O)C(O)/C=C/CC/C=C/CC/C=C/CCCCCCCCC. The fourth-order valence-electron chi connectivity index (χ4n) is 12.3. The smallest absolute Gasteiger partial charge is 0.220 e. The molecule has 2 saturated heterocycles. The first kappa shape index (κ1) is 85.5. The zero-order valence-electron chi connectivity index (χ0n) is 58.5. The van der Waals surface area contributed by atoms with Crippen LogP contribution in [0.3, 0.4) is 0 Å². The second-order valence-corrected chi connectivity index (χ2v) is 26.8. The van der Waals surface area contributed by atoms with Gasteiger partial charge in [0.2, 0.25) is 5.91 Å². The minimum absolute atomic E-state index is 0.249. The van der Waals surface area contributed by atoms with Gasteiger partial charge in [0, 0.05) is 6.42 Å². The largest absolute Gasteiger partial charge is 0.394 e. The van der Waals surface area contributed by atoms with Crippen molar-refractivity contribution in [2.75, 3.05) is 19.8 Å². The Labute approximate surface area is 561 Å². The third-order valence-corrected chi connectivity index (χ3v) is 18.3. The average molecular weight is 1300 g/mol. The molecule has 2 rings (SSSR count). The Morgan fingerprint density at radius 1 is 0.391 bits per heavy atom. The maximum absolute atomic E-state index is 13.3. The van der Waals surface area contributed by atoms with Crippen LogP contribution in [0.4, 0.5) is 0 Å². The summed E-state index contributed by atoms with van der Waals surface area (Å²) in [7, 11) is 0. The van der Waals surface area contributed by atoms with Crippen molar-refractivity contribution in [1.29, 1.82) is 0 Å². The summed E-state index contributed by atoms with van der Waals surface area (Å²) < 4.78 is 22.8. The summed E-state index contributed by atoms with van der Waals surface area (Å²) in [5.41, 5.74) is 0. The number of aliphatic hydroxyl groups is 8. The van der Waals surface area contributed by atoms with E-state index in [1.54, 1.807) is 6.08 Å². The van der Waals surface area contributed by atoms with E-state index in [9.17, 15) is 45.6 Å². The summed E-state index contributed by atoms with van der Waals surface area (Å²) in [6, 6.07) is -0.939. The zero-order valence-corrected chi connectivity index (χ0v) is 58.5. The molecular weight excluding hydrogens is 1160 g/mol. The van der Waals surface area contributed by atoms with Gasteiger partial charge >= 0.3 is 0 Å². The first-order chi connectivity index (χ1) is 45.1. The standard InChI is InChI=1S/C78H141NO13/c1-3-5-7-9-11-13-15-17-19-21-22-23-24-25-26-27-28-29-30-31-32-33-34-35-36-37-38-39-40-41-42-43-44-46-48-50-52-54-56-58-60-62-70(83)79-66(67(82)61-59-57-55-53-51-49-47-45-20-18-16-14-12-10-8-6-4-2)65-89-77-75(88)73(86)76(69(64-81)91-77)92-78-74(87)72(85)71(84)68(63-80)90-78/h15,17,20-22,24-25,45,51,53,59,61,66-69,71-78,80-82,84-88H,3-14,16,18-19,23,26-44,46-50,52,54-58,60,62-65H2,1-2H3,(H,79,83)/b17-15-,22-21-,25-24-,45-20+,53-51+,61-59+. The van der Waals surface area contributed by atoms with E-state index in [-0.39, 0.29) is 18.9 Å². The third kappa shape index (κ3) is 45.0. The predicted octanol–water partition coefficient (Wildman–Crippen LogP) is 16.6. The molecule has 2 aliphatic rings. The molecule has 12 unspecified atom stereocenters. The number of rotatable bonds is 63. The Kier molecular flexibility index (Phi) is 57.6. The normalized spacial score (nSPS) is 23.1. The van der Waals surface area contributed by atoms with Crippen molar-refractivity contribution in [3.63, 3.8) is 0 Å². The van der Waals surface area contributed by atoms with Gasteiger partial charge in [0.1, 0.15) is 48.8 Å². The number of unbranched alkanes of at least 4 members (excludes halogenated alkanes) is 40. The molecule has 14 heteroatoms. The number of ether oxygens (including phenoxy) is 4. The van der Waals surface area contributed by atoms with Crippen LogP contribution < -0.4 is 5.32 Å². The van der Waals surface area contributed by atoms with Crippen LogP contribution >= 0.6 is 0 Å². The highest BCUT2D eigenvalue weighted by atomic mass is 16.7. The molecule has 0 radical (unpaired) electrons. The average Bonchev–Trinajstić information content (AvgIpc) is 0.856. The van der Waals surface area contributed by atoms with Crippen LogP contribution in [0.5, 0.6) is 0 Å². The molecule has 2 aliphatic heterocycles. The van der Waals surface area contributed by atoms with E-state index < -0.39 is 86.8 Å². The van der Waals surface area contributed by atoms with Crippen LogP contribution in [-0.4, -0.2) is 140 Å². The summed E-state index contributed by atoms with van der Waals surface area (Å²) in [6.07, 6.45) is 68.5. The lowest BCUT2D eigenvalue weighted by Gasteiger charge is -2.46. The lowest BCUT2D eigenvalue weighted by molar-refractivity contribution is -0.359. The molecule has 0 aromatic heterocycles. The number of aliphatic hydroxyl groups excluding tert-OH is 8. The first-order valence-corrected chi connectivity index (χ1v) is 38.2. The molecule has 1 amide bonds. The van der Waals surface area contributed by atoms with Crippen LogP contribution in [0.25, 0.3) is 0 Å². The van der Waals surface area contributed by atoms with E-state index in [0.717, 1.165) is 57.8 Å². The topological polar surface area (TPSA) is 228 Å². The number of hydrogen-bond acceptors (Lipinski definition) is 13. The van der Waals surface area contributed by atoms with E-state index in [4.69, 9.17) is 18.9 Å². The molecule has 0 saturated carbocycles. The van der Waals surface area contributed by atoms with Crippen LogP contribution in [-0.2, 0) is 23.7 Å². The second-order valence-electron chi connectivity index (χ2n) is 26.8. The second kappa shape index (κ2) is 62.0. The van der Waals surface area contributed by atoms with Crippen LogP contribution in [0.2, 0.25) is 0 Å². The highest BCUT2D eigenvalue weighted by Crippen LogP contribution is 2.30. The molecule has 536 valence electrons. The van der Waals surface area contributed by atoms with Crippen LogP contribution in [0.1, 0.15) is 322 Å². The monoisotopic (exact) mass is 1300 g/mol. The van der Waals surface area contributed by atoms with Gasteiger partial charge in [0.15, 0.2) is 12.6 Å². The third-order valence-electron chi connectivity index (χ3n) is 18.3. The van der Waals surface area contributed by atoms with E-state index >= 15 is 0 Å². The molecule has 0 aliphatic carbocycles. The molecular formula is C78H141NO13. The van der Waals surface area contributed by atoms with Crippen molar-refractivity contribution < 1.29 is 64.6 Å². The van der Waals surface area contributed by atoms with E-state index in [2.05, 4.69) is 79.9 Å². The van der Waals surface area contributed by atoms with Gasteiger partial charge in [-0.05, 0) is 83.5 Å². The zero-order chi connectivity index (χ0) is 66.6. The summed E-state index contributed by atoms with van der Waals surface area (Å²) in [5, 5.41) is 87.4. The van der Waals surface area contributed by atoms with Gasteiger partial charge in [-0.1, -0.05) is 305 Å². The van der Waals surface area contributed by atoms with Gasteiger partial charge in [-0.3, -0.25) is 4.79 Å². The van der Waals surface area contributed by atoms with E-state index in [1.807, 2.05) is 6.08 Å². The number of nitrogens with one attached hydrogen (secondary N) is 1. The van der Waals surface area contributed by atoms with Crippen molar-refractivity contribution in [3.8, 4) is 0 Å². The maximum atomic E-state index is 13.3. The minimum atomic E-state index is -1.79. The molecule has 12 atom stereocenters. The predicted molar refractivity (Wildman–Crippen MR) is 378 cm³/mol. The van der Waals surface area contributed by atoms with Crippen molar-refractivity contribution in [3.05, 3.63) is 72.9 Å². The fraction of sp³-hybridized carbons (Fsp3) is 0.833. The molecule has 9 N–H and O–H groups in total. The number of carbonyl (C=O) groups is 1. The van der Waals surface area contributed by atoms with Gasteiger partial charge in [-0.25, -0.2) is 0 Å². The summed E-state index contributed by atoms with van der Waals surface area (Å²) in [5.74, 6) is -0.249. The van der Waals surface area contributed by atoms with Crippen LogP contribution in [0.15, 0.2) is 72.9 Å². The molecule has 2 heterocycles. The lowest BCUT2D eigenvalue weighted by atomic mass is 9.97. The molecule has 92 heavy (non-hydrogen) atoms. The van der Waals surface area contributed by atoms with E-state index in [1.165, 1.54) is 231 Å². The highest BCUT2D eigenvalue weighted by Gasteiger charge is 2.51. The lowest BCUT2D eigenvalue weighted by Crippen LogP contribution is -2.65. The summed E-state index contributed by atoms with van der Waals surface area (Å²) in [4.78, 5) is 13.3. The Bertz CT molecular complexity index is 1820. The van der Waals surface area contributed by atoms with Gasteiger partial charge < -0.3 is 65.1 Å². The maximum Gasteiger partial charge on any atom is 0.220 e. The molecule has 0 aromatic rings. The van der Waals surface area contributed by atoms with Crippen molar-refractivity contribution in [2.45, 2.75) is 396 Å². The fourth-order valence-corrected chi connectivity index (χ4v) is 12.3. The molecule has 0 bridgehead atoms. The number of amides is 1. The van der Waals surface area contributed by atoms with Gasteiger partial charge in [-0.15, -0.1) is 0 Å². The van der Waals surface area contributed by atoms with E-state index in [0.29, 0.717) is 12.8 Å². The van der Waals surface area contributed by atoms with Crippen molar-refractivity contribution >= 4 is 5.91 Å². The number of hydrogen-bond donors (Lipinski definition) is 9. The van der Waals surface area contributed by atoms with Gasteiger partial charge in [-0.2, -0.15) is 0 Å². The molecule has 14 nitrogen and oxygen atoms in total. The quantitative estimate of drug-likeness (QED) is 0.0204. The molecule has 2 fully saturated rings. The van der Waals surface area contributed by atoms with Crippen molar-refractivity contribution in [1.82, 2.24) is 5.32 Å². The summed E-state index contributed by atoms with van der Waals surface area (Å²) >= 11 is 0. The minimum Gasteiger partial charge on any atom is -0.394 e. The summed E-state index contributed by atoms with van der Waals surface area (Å²) in [6.45, 7) is 2.78. The Morgan fingerprint density at radius 3 is 1.14 bits per heavy atom.